The molecule has 0 amide bonds. The molecule has 0 heterocycles. The number of likely N-dealkylation sites (N-methyl/N-ethyl adjacent to an activating group) is 1. The molecule has 4 heteroatoms. The van der Waals surface area contributed by atoms with Gasteiger partial charge < -0.3 is 20.4 Å². The molecule has 1 aromatic rings. The van der Waals surface area contributed by atoms with Crippen LogP contribution in [-0.2, 0) is 6.54 Å². The van der Waals surface area contributed by atoms with E-state index in [0.29, 0.717) is 12.1 Å². The molecule has 1 aromatic carbocycles. The summed E-state index contributed by atoms with van der Waals surface area (Å²) in [4.78, 5) is 2.30. The van der Waals surface area contributed by atoms with Gasteiger partial charge in [0.25, 0.3) is 0 Å². The van der Waals surface area contributed by atoms with E-state index in [1.165, 1.54) is 25.3 Å². The van der Waals surface area contributed by atoms with E-state index in [9.17, 15) is 10.2 Å². The zero-order valence-corrected chi connectivity index (χ0v) is 11.1. The van der Waals surface area contributed by atoms with Crippen LogP contribution in [0, 0.1) is 0 Å². The average Bonchev–Trinajstić information content (AvgIpc) is 2.26. The smallest absolute Gasteiger partial charge is 0.157 e. The molecule has 0 atom stereocenters. The Morgan fingerprint density at radius 1 is 1.22 bits per heavy atom. The lowest BCUT2D eigenvalue weighted by Crippen LogP contribution is -2.56. The molecule has 0 bridgehead atoms. The lowest BCUT2D eigenvalue weighted by Gasteiger charge is -2.47. The lowest BCUT2D eigenvalue weighted by molar-refractivity contribution is 0.0598. The molecule has 0 spiro atoms. The highest BCUT2D eigenvalue weighted by molar-refractivity contribution is 5.40. The molecule has 100 valence electrons. The first-order chi connectivity index (χ1) is 8.53. The molecule has 3 N–H and O–H groups in total. The Morgan fingerprint density at radius 2 is 1.94 bits per heavy atom. The largest absolute Gasteiger partial charge is 0.504 e. The summed E-state index contributed by atoms with van der Waals surface area (Å²) >= 11 is 0. The number of nitrogens with one attached hydrogen (secondary N) is 1. The SMILES string of the molecule is CN(C)C1(CNCc2ccc(O)c(O)c2)CCC1. The maximum Gasteiger partial charge on any atom is 0.157 e. The third-order valence-electron chi connectivity index (χ3n) is 4.06. The van der Waals surface area contributed by atoms with Crippen LogP contribution in [0.4, 0.5) is 0 Å². The van der Waals surface area contributed by atoms with Crippen LogP contribution in [0.5, 0.6) is 11.5 Å². The molecule has 0 saturated heterocycles. The Kier molecular flexibility index (Phi) is 3.78. The third-order valence-corrected chi connectivity index (χ3v) is 4.06. The number of phenols is 2. The Bertz CT molecular complexity index is 414. The first-order valence-corrected chi connectivity index (χ1v) is 6.42. The van der Waals surface area contributed by atoms with Gasteiger partial charge >= 0.3 is 0 Å². The molecule has 0 aliphatic heterocycles. The van der Waals surface area contributed by atoms with Crippen molar-refractivity contribution in [3.8, 4) is 11.5 Å². The highest BCUT2D eigenvalue weighted by Crippen LogP contribution is 2.35. The number of hydrogen-bond donors (Lipinski definition) is 3. The second-order valence-corrected chi connectivity index (χ2v) is 5.40. The summed E-state index contributed by atoms with van der Waals surface area (Å²) < 4.78 is 0. The van der Waals surface area contributed by atoms with Gasteiger partial charge in [0.15, 0.2) is 11.5 Å². The zero-order chi connectivity index (χ0) is 13.2. The number of rotatable bonds is 5. The van der Waals surface area contributed by atoms with Crippen LogP contribution in [0.2, 0.25) is 0 Å². The van der Waals surface area contributed by atoms with E-state index in [1.807, 2.05) is 6.07 Å². The van der Waals surface area contributed by atoms with Gasteiger partial charge in [-0.15, -0.1) is 0 Å². The highest BCUT2D eigenvalue weighted by Gasteiger charge is 2.38. The molecular weight excluding hydrogens is 228 g/mol. The van der Waals surface area contributed by atoms with Gasteiger partial charge in [-0.3, -0.25) is 0 Å². The van der Waals surface area contributed by atoms with Gasteiger partial charge in [0.05, 0.1) is 0 Å². The first-order valence-electron chi connectivity index (χ1n) is 6.42. The normalized spacial score (nSPS) is 17.7. The van der Waals surface area contributed by atoms with Crippen LogP contribution in [0.25, 0.3) is 0 Å². The van der Waals surface area contributed by atoms with Crippen LogP contribution in [-0.4, -0.2) is 41.3 Å². The minimum absolute atomic E-state index is 0.0553. The van der Waals surface area contributed by atoms with Crippen molar-refractivity contribution < 1.29 is 10.2 Å². The molecule has 1 aliphatic rings. The standard InChI is InChI=1S/C14H22N2O2/c1-16(2)14(6-3-7-14)10-15-9-11-4-5-12(17)13(18)8-11/h4-5,8,15,17-18H,3,6-7,9-10H2,1-2H3. The van der Waals surface area contributed by atoms with Crippen LogP contribution >= 0.6 is 0 Å². The van der Waals surface area contributed by atoms with Crippen LogP contribution in [0.1, 0.15) is 24.8 Å². The highest BCUT2D eigenvalue weighted by atomic mass is 16.3. The Labute approximate surface area is 108 Å². The number of hydrogen-bond acceptors (Lipinski definition) is 4. The van der Waals surface area contributed by atoms with Crippen LogP contribution in [0.15, 0.2) is 18.2 Å². The second-order valence-electron chi connectivity index (χ2n) is 5.40. The second kappa shape index (κ2) is 5.16. The summed E-state index contributed by atoms with van der Waals surface area (Å²) in [7, 11) is 4.26. The molecule has 18 heavy (non-hydrogen) atoms. The third kappa shape index (κ3) is 2.60. The topological polar surface area (TPSA) is 55.7 Å². The van der Waals surface area contributed by atoms with Crippen molar-refractivity contribution in [2.24, 2.45) is 0 Å². The van der Waals surface area contributed by atoms with Crippen LogP contribution in [0.3, 0.4) is 0 Å². The van der Waals surface area contributed by atoms with Crippen molar-refractivity contribution >= 4 is 0 Å². The summed E-state index contributed by atoms with van der Waals surface area (Å²) in [5.41, 5.74) is 1.29. The summed E-state index contributed by atoms with van der Waals surface area (Å²) in [6.45, 7) is 1.67. The van der Waals surface area contributed by atoms with Gasteiger partial charge in [0.2, 0.25) is 0 Å². The van der Waals surface area contributed by atoms with Gasteiger partial charge in [-0.2, -0.15) is 0 Å². The minimum Gasteiger partial charge on any atom is -0.504 e. The molecule has 1 saturated carbocycles. The Hall–Kier alpha value is -1.26. The fourth-order valence-electron chi connectivity index (χ4n) is 2.49. The maximum absolute atomic E-state index is 9.42. The number of aromatic hydroxyl groups is 2. The average molecular weight is 250 g/mol. The number of phenolic OH excluding ortho intramolecular Hbond substituents is 2. The van der Waals surface area contributed by atoms with E-state index < -0.39 is 0 Å². The molecule has 1 aliphatic carbocycles. The number of benzene rings is 1. The van der Waals surface area contributed by atoms with Gasteiger partial charge in [-0.1, -0.05) is 6.07 Å². The summed E-state index contributed by atoms with van der Waals surface area (Å²) in [6.07, 6.45) is 3.79. The maximum atomic E-state index is 9.42. The van der Waals surface area contributed by atoms with Crippen molar-refractivity contribution in [2.45, 2.75) is 31.3 Å². The summed E-state index contributed by atoms with van der Waals surface area (Å²) in [5, 5.41) is 22.1. The molecule has 4 nitrogen and oxygen atoms in total. The molecule has 0 aromatic heterocycles. The van der Waals surface area contributed by atoms with E-state index in [2.05, 4.69) is 24.3 Å². The van der Waals surface area contributed by atoms with E-state index in [-0.39, 0.29) is 11.5 Å². The first kappa shape index (κ1) is 13.2. The van der Waals surface area contributed by atoms with Crippen molar-refractivity contribution in [1.82, 2.24) is 10.2 Å². The van der Waals surface area contributed by atoms with Crippen molar-refractivity contribution in [1.29, 1.82) is 0 Å². The molecular formula is C14H22N2O2. The van der Waals surface area contributed by atoms with E-state index >= 15 is 0 Å². The summed E-state index contributed by atoms with van der Waals surface area (Å²) in [5.74, 6) is -0.122. The fraction of sp³-hybridized carbons (Fsp3) is 0.571. The fourth-order valence-corrected chi connectivity index (χ4v) is 2.49. The Morgan fingerprint density at radius 3 is 2.44 bits per heavy atom. The minimum atomic E-state index is -0.0671. The van der Waals surface area contributed by atoms with E-state index in [1.54, 1.807) is 6.07 Å². The lowest BCUT2D eigenvalue weighted by atomic mass is 9.75. The van der Waals surface area contributed by atoms with Gasteiger partial charge in [-0.25, -0.2) is 0 Å². The van der Waals surface area contributed by atoms with Gasteiger partial charge in [0.1, 0.15) is 0 Å². The summed E-state index contributed by atoms with van der Waals surface area (Å²) in [6, 6.07) is 4.95. The quantitative estimate of drug-likeness (QED) is 0.696. The van der Waals surface area contributed by atoms with Crippen molar-refractivity contribution in [3.05, 3.63) is 23.8 Å². The van der Waals surface area contributed by atoms with E-state index in [4.69, 9.17) is 0 Å². The van der Waals surface area contributed by atoms with Crippen LogP contribution < -0.4 is 5.32 Å². The predicted molar refractivity (Wildman–Crippen MR) is 71.7 cm³/mol. The molecule has 2 rings (SSSR count). The van der Waals surface area contributed by atoms with Gasteiger partial charge in [0, 0.05) is 18.6 Å². The van der Waals surface area contributed by atoms with Crippen molar-refractivity contribution in [3.63, 3.8) is 0 Å². The molecule has 0 radical (unpaired) electrons. The van der Waals surface area contributed by atoms with Crippen molar-refractivity contribution in [2.75, 3.05) is 20.6 Å². The van der Waals surface area contributed by atoms with Gasteiger partial charge in [-0.05, 0) is 51.1 Å². The van der Waals surface area contributed by atoms with E-state index in [0.717, 1.165) is 12.1 Å². The predicted octanol–water partition coefficient (Wildman–Crippen LogP) is 1.67. The molecule has 1 fully saturated rings. The zero-order valence-electron chi connectivity index (χ0n) is 11.1. The Balaban J connectivity index is 1.86. The number of nitrogens with zero attached hydrogens (tertiary/aromatic N) is 1. The monoisotopic (exact) mass is 250 g/mol. The molecule has 0 unspecified atom stereocenters.